The van der Waals surface area contributed by atoms with Crippen LogP contribution in [0.2, 0.25) is 0 Å². The van der Waals surface area contributed by atoms with E-state index >= 15 is 0 Å². The van der Waals surface area contributed by atoms with Gasteiger partial charge in [0.2, 0.25) is 0 Å². The number of nitrogens with one attached hydrogen (secondary N) is 1. The summed E-state index contributed by atoms with van der Waals surface area (Å²) in [5, 5.41) is 1.26. The lowest BCUT2D eigenvalue weighted by atomic mass is 10.0. The highest BCUT2D eigenvalue weighted by molar-refractivity contribution is 6.06. The molecule has 14 heavy (non-hydrogen) atoms. The van der Waals surface area contributed by atoms with Crippen LogP contribution in [0.1, 0.15) is 27.9 Å². The Balaban J connectivity index is 2.47. The first-order valence-electron chi connectivity index (χ1n) is 4.90. The summed E-state index contributed by atoms with van der Waals surface area (Å²) in [6.45, 7) is 2.09. The highest BCUT2D eigenvalue weighted by Gasteiger charge is 2.22. The van der Waals surface area contributed by atoms with Gasteiger partial charge < -0.3 is 4.98 Å². The quantitative estimate of drug-likeness (QED) is 0.672. The lowest BCUT2D eigenvalue weighted by Crippen LogP contribution is -1.90. The molecule has 0 radical (unpaired) electrons. The Kier molecular flexibility index (Phi) is 1.38. The van der Waals surface area contributed by atoms with Gasteiger partial charge in [-0.1, -0.05) is 0 Å². The zero-order valence-electron chi connectivity index (χ0n) is 8.05. The van der Waals surface area contributed by atoms with E-state index in [1.54, 1.807) is 0 Å². The molecule has 0 unspecified atom stereocenters. The van der Waals surface area contributed by atoms with E-state index in [0.29, 0.717) is 12.2 Å². The molecule has 0 aliphatic heterocycles. The predicted molar refractivity (Wildman–Crippen MR) is 55.7 cm³/mol. The van der Waals surface area contributed by atoms with Gasteiger partial charge in [0.05, 0.1) is 0 Å². The summed E-state index contributed by atoms with van der Waals surface area (Å²) in [4.78, 5) is 14.8. The SMILES string of the molecule is Cc1c[nH]c2ccc3c(c12)CCC3=O. The largest absolute Gasteiger partial charge is 0.361 e. The average molecular weight is 185 g/mol. The Hall–Kier alpha value is -1.57. The molecule has 0 atom stereocenters. The molecule has 3 rings (SSSR count). The Morgan fingerprint density at radius 2 is 2.14 bits per heavy atom. The minimum absolute atomic E-state index is 0.294. The summed E-state index contributed by atoms with van der Waals surface area (Å²) in [5.74, 6) is 0.294. The van der Waals surface area contributed by atoms with E-state index < -0.39 is 0 Å². The molecule has 0 fully saturated rings. The second-order valence-electron chi connectivity index (χ2n) is 3.91. The van der Waals surface area contributed by atoms with Crippen molar-refractivity contribution in [1.29, 1.82) is 0 Å². The fourth-order valence-corrected chi connectivity index (χ4v) is 2.37. The number of Topliss-reactive ketones (excluding diaryl/α,β-unsaturated/α-hetero) is 1. The van der Waals surface area contributed by atoms with Crippen LogP contribution in [-0.4, -0.2) is 10.8 Å². The molecule has 70 valence electrons. The number of aromatic amines is 1. The Bertz CT molecular complexity index is 536. The molecule has 0 spiro atoms. The number of aryl methyl sites for hydroxylation is 2. The van der Waals surface area contributed by atoms with Gasteiger partial charge in [0.15, 0.2) is 5.78 Å². The first-order valence-corrected chi connectivity index (χ1v) is 4.90. The van der Waals surface area contributed by atoms with Gasteiger partial charge in [0, 0.05) is 29.1 Å². The van der Waals surface area contributed by atoms with E-state index in [2.05, 4.69) is 11.9 Å². The number of aromatic nitrogens is 1. The summed E-state index contributed by atoms with van der Waals surface area (Å²) in [6, 6.07) is 3.95. The third-order valence-electron chi connectivity index (χ3n) is 3.05. The van der Waals surface area contributed by atoms with Crippen LogP contribution in [0.15, 0.2) is 18.3 Å². The Labute approximate surface area is 81.9 Å². The number of fused-ring (bicyclic) bond motifs is 3. The van der Waals surface area contributed by atoms with Crippen LogP contribution >= 0.6 is 0 Å². The molecule has 0 amide bonds. The first kappa shape index (κ1) is 7.80. The molecule has 0 saturated carbocycles. The molecule has 1 heterocycles. The van der Waals surface area contributed by atoms with Crippen molar-refractivity contribution in [1.82, 2.24) is 4.98 Å². The van der Waals surface area contributed by atoms with Crippen molar-refractivity contribution in [2.75, 3.05) is 0 Å². The molecule has 1 N–H and O–H groups in total. The van der Waals surface area contributed by atoms with Gasteiger partial charge in [-0.3, -0.25) is 4.79 Å². The minimum atomic E-state index is 0.294. The van der Waals surface area contributed by atoms with Crippen molar-refractivity contribution in [2.45, 2.75) is 19.8 Å². The van der Waals surface area contributed by atoms with Gasteiger partial charge in [-0.15, -0.1) is 0 Å². The third kappa shape index (κ3) is 0.830. The second kappa shape index (κ2) is 2.47. The van der Waals surface area contributed by atoms with Crippen LogP contribution in [0.4, 0.5) is 0 Å². The zero-order chi connectivity index (χ0) is 9.71. The van der Waals surface area contributed by atoms with Crippen molar-refractivity contribution in [3.63, 3.8) is 0 Å². The van der Waals surface area contributed by atoms with Crippen LogP contribution in [0.3, 0.4) is 0 Å². The number of carbonyl (C=O) groups is 1. The fraction of sp³-hybridized carbons (Fsp3) is 0.250. The van der Waals surface area contributed by atoms with E-state index in [-0.39, 0.29) is 0 Å². The number of ketones is 1. The minimum Gasteiger partial charge on any atom is -0.361 e. The summed E-state index contributed by atoms with van der Waals surface area (Å²) in [6.07, 6.45) is 3.59. The second-order valence-corrected chi connectivity index (χ2v) is 3.91. The zero-order valence-corrected chi connectivity index (χ0v) is 8.05. The van der Waals surface area contributed by atoms with Crippen molar-refractivity contribution in [2.24, 2.45) is 0 Å². The number of carbonyl (C=O) groups excluding carboxylic acids is 1. The van der Waals surface area contributed by atoms with Gasteiger partial charge in [-0.2, -0.15) is 0 Å². The van der Waals surface area contributed by atoms with E-state index in [9.17, 15) is 4.79 Å². The summed E-state index contributed by atoms with van der Waals surface area (Å²) >= 11 is 0. The van der Waals surface area contributed by atoms with Gasteiger partial charge in [0.25, 0.3) is 0 Å². The Morgan fingerprint density at radius 1 is 1.29 bits per heavy atom. The highest BCUT2D eigenvalue weighted by atomic mass is 16.1. The maximum absolute atomic E-state index is 11.5. The van der Waals surface area contributed by atoms with Gasteiger partial charge >= 0.3 is 0 Å². The average Bonchev–Trinajstić information content (AvgIpc) is 2.72. The van der Waals surface area contributed by atoms with Crippen LogP contribution in [0.5, 0.6) is 0 Å². The molecule has 0 bridgehead atoms. The maximum Gasteiger partial charge on any atom is 0.163 e. The van der Waals surface area contributed by atoms with Crippen molar-refractivity contribution >= 4 is 16.7 Å². The molecule has 2 heteroatoms. The molecule has 2 nitrogen and oxygen atoms in total. The van der Waals surface area contributed by atoms with Crippen LogP contribution in [0.25, 0.3) is 10.9 Å². The lowest BCUT2D eigenvalue weighted by Gasteiger charge is -2.00. The van der Waals surface area contributed by atoms with E-state index in [0.717, 1.165) is 17.5 Å². The smallest absolute Gasteiger partial charge is 0.163 e. The van der Waals surface area contributed by atoms with Crippen molar-refractivity contribution in [3.8, 4) is 0 Å². The molecule has 1 aliphatic carbocycles. The van der Waals surface area contributed by atoms with E-state index in [1.807, 2.05) is 18.3 Å². The fourth-order valence-electron chi connectivity index (χ4n) is 2.37. The number of hydrogen-bond acceptors (Lipinski definition) is 1. The van der Waals surface area contributed by atoms with Gasteiger partial charge in [-0.25, -0.2) is 0 Å². The highest BCUT2D eigenvalue weighted by Crippen LogP contribution is 2.31. The Morgan fingerprint density at radius 3 is 3.00 bits per heavy atom. The summed E-state index contributed by atoms with van der Waals surface area (Å²) in [5.41, 5.74) is 4.56. The van der Waals surface area contributed by atoms with Gasteiger partial charge in [0.1, 0.15) is 0 Å². The molecule has 1 aromatic carbocycles. The van der Waals surface area contributed by atoms with Crippen LogP contribution in [0, 0.1) is 6.92 Å². The van der Waals surface area contributed by atoms with Gasteiger partial charge in [-0.05, 0) is 36.6 Å². The summed E-state index contributed by atoms with van der Waals surface area (Å²) in [7, 11) is 0. The number of H-pyrrole nitrogens is 1. The van der Waals surface area contributed by atoms with Crippen molar-refractivity contribution < 1.29 is 4.79 Å². The molecule has 2 aromatic rings. The number of benzene rings is 1. The maximum atomic E-state index is 11.5. The molecule has 1 aromatic heterocycles. The topological polar surface area (TPSA) is 32.9 Å². The van der Waals surface area contributed by atoms with E-state index in [1.165, 1.54) is 16.5 Å². The first-order chi connectivity index (χ1) is 6.77. The molecular formula is C12H11NO. The number of hydrogen-bond donors (Lipinski definition) is 1. The molecule has 1 aliphatic rings. The van der Waals surface area contributed by atoms with Crippen LogP contribution in [-0.2, 0) is 6.42 Å². The van der Waals surface area contributed by atoms with Crippen LogP contribution < -0.4 is 0 Å². The third-order valence-corrected chi connectivity index (χ3v) is 3.05. The monoisotopic (exact) mass is 185 g/mol. The lowest BCUT2D eigenvalue weighted by molar-refractivity contribution is 0.0994. The molecular weight excluding hydrogens is 174 g/mol. The predicted octanol–water partition coefficient (Wildman–Crippen LogP) is 2.61. The normalized spacial score (nSPS) is 15.1. The molecule has 0 saturated heterocycles. The standard InChI is InChI=1S/C12H11NO/c1-7-6-13-10-4-2-8-9(12(7)10)3-5-11(8)14/h2,4,6,13H,3,5H2,1H3. The number of rotatable bonds is 0. The van der Waals surface area contributed by atoms with E-state index in [4.69, 9.17) is 0 Å². The van der Waals surface area contributed by atoms with Crippen molar-refractivity contribution in [3.05, 3.63) is 35.0 Å². The summed E-state index contributed by atoms with van der Waals surface area (Å²) < 4.78 is 0.